The van der Waals surface area contributed by atoms with Gasteiger partial charge in [-0.05, 0) is 31.4 Å². The van der Waals surface area contributed by atoms with E-state index in [0.29, 0.717) is 0 Å². The number of hydrogen-bond acceptors (Lipinski definition) is 2. The largest absolute Gasteiger partial charge is 0.465 e. The van der Waals surface area contributed by atoms with Gasteiger partial charge in [0.2, 0.25) is 5.84 Å². The number of rotatable bonds is 2. The zero-order chi connectivity index (χ0) is 9.64. The highest BCUT2D eigenvalue weighted by Crippen LogP contribution is 2.01. The van der Waals surface area contributed by atoms with Crippen LogP contribution in [-0.2, 0) is 6.54 Å². The monoisotopic (exact) mass is 193 g/mol. The van der Waals surface area contributed by atoms with E-state index in [1.54, 1.807) is 6.26 Å². The summed E-state index contributed by atoms with van der Waals surface area (Å²) in [7, 11) is 0. The molecule has 1 aromatic heterocycles. The summed E-state index contributed by atoms with van der Waals surface area (Å²) in [6.45, 7) is 1.88. The summed E-state index contributed by atoms with van der Waals surface area (Å²) >= 11 is 0. The van der Waals surface area contributed by atoms with E-state index in [1.165, 1.54) is 25.1 Å². The Bertz CT molecular complexity index is 290. The van der Waals surface area contributed by atoms with Crippen molar-refractivity contribution in [2.45, 2.75) is 32.2 Å². The zero-order valence-electron chi connectivity index (χ0n) is 8.38. The van der Waals surface area contributed by atoms with E-state index in [2.05, 4.69) is 10.3 Å². The molecular formula is C11H17N2O+. The zero-order valence-corrected chi connectivity index (χ0v) is 8.38. The lowest BCUT2D eigenvalue weighted by Gasteiger charge is -1.98. The van der Waals surface area contributed by atoms with Crippen molar-refractivity contribution >= 4 is 5.84 Å². The molecule has 0 saturated heterocycles. The van der Waals surface area contributed by atoms with Crippen molar-refractivity contribution in [1.82, 2.24) is 5.32 Å². The first-order valence-corrected chi connectivity index (χ1v) is 5.31. The molecule has 0 amide bonds. The van der Waals surface area contributed by atoms with Gasteiger partial charge in [-0.1, -0.05) is 0 Å². The molecule has 0 aromatic carbocycles. The van der Waals surface area contributed by atoms with Crippen LogP contribution in [0.3, 0.4) is 0 Å². The van der Waals surface area contributed by atoms with Crippen molar-refractivity contribution in [3.63, 3.8) is 0 Å². The third kappa shape index (κ3) is 2.62. The van der Waals surface area contributed by atoms with Crippen LogP contribution in [0.1, 0.15) is 31.4 Å². The Labute approximate surface area is 84.2 Å². The van der Waals surface area contributed by atoms with Gasteiger partial charge in [-0.15, -0.1) is 0 Å². The number of nitrogens with one attached hydrogen (secondary N) is 2. The fourth-order valence-electron chi connectivity index (χ4n) is 1.69. The van der Waals surface area contributed by atoms with E-state index in [1.807, 2.05) is 12.1 Å². The summed E-state index contributed by atoms with van der Waals surface area (Å²) in [4.78, 5) is 3.41. The topological polar surface area (TPSA) is 39.1 Å². The Balaban J connectivity index is 1.82. The predicted molar refractivity (Wildman–Crippen MR) is 54.9 cm³/mol. The minimum absolute atomic E-state index is 0.787. The van der Waals surface area contributed by atoms with Crippen LogP contribution in [0, 0.1) is 0 Å². The minimum atomic E-state index is 0.787. The average molecular weight is 193 g/mol. The van der Waals surface area contributed by atoms with Gasteiger partial charge in [0.1, 0.15) is 12.3 Å². The van der Waals surface area contributed by atoms with E-state index >= 15 is 0 Å². The second-order valence-electron chi connectivity index (χ2n) is 3.65. The molecule has 0 bridgehead atoms. The van der Waals surface area contributed by atoms with Gasteiger partial charge in [-0.2, -0.15) is 0 Å². The first-order chi connectivity index (χ1) is 6.95. The molecule has 0 radical (unpaired) electrons. The smallest absolute Gasteiger partial charge is 0.242 e. The Kier molecular flexibility index (Phi) is 3.22. The summed E-state index contributed by atoms with van der Waals surface area (Å²) < 4.78 is 5.25. The van der Waals surface area contributed by atoms with Crippen LogP contribution in [0.4, 0.5) is 0 Å². The van der Waals surface area contributed by atoms with Crippen molar-refractivity contribution in [3.05, 3.63) is 24.2 Å². The van der Waals surface area contributed by atoms with Crippen LogP contribution in [0.25, 0.3) is 0 Å². The Hall–Kier alpha value is -1.25. The van der Waals surface area contributed by atoms with Crippen LogP contribution in [0.15, 0.2) is 22.8 Å². The molecule has 14 heavy (non-hydrogen) atoms. The van der Waals surface area contributed by atoms with E-state index in [-0.39, 0.29) is 0 Å². The second-order valence-corrected chi connectivity index (χ2v) is 3.65. The SMILES string of the molecule is c1coc(CNC2=[NH+]CCCCC2)c1. The summed E-state index contributed by atoms with van der Waals surface area (Å²) in [6, 6.07) is 3.91. The molecule has 76 valence electrons. The standard InChI is InChI=1S/C11H16N2O/c1-2-6-11(12-7-3-1)13-9-10-5-4-8-14-10/h4-5,8H,1-3,6-7,9H2,(H,12,13)/p+1. The van der Waals surface area contributed by atoms with Crippen LogP contribution in [-0.4, -0.2) is 12.4 Å². The first kappa shape index (κ1) is 9.31. The quantitative estimate of drug-likeness (QED) is 0.714. The lowest BCUT2D eigenvalue weighted by atomic mass is 10.2. The molecule has 0 saturated carbocycles. The lowest BCUT2D eigenvalue weighted by molar-refractivity contribution is -0.459. The van der Waals surface area contributed by atoms with Gasteiger partial charge in [-0.3, -0.25) is 10.3 Å². The van der Waals surface area contributed by atoms with Gasteiger partial charge < -0.3 is 4.42 Å². The van der Waals surface area contributed by atoms with Crippen LogP contribution in [0.2, 0.25) is 0 Å². The maximum Gasteiger partial charge on any atom is 0.242 e. The predicted octanol–water partition coefficient (Wildman–Crippen LogP) is 0.422. The number of hydrogen-bond donors (Lipinski definition) is 2. The average Bonchev–Trinajstić information content (AvgIpc) is 2.58. The molecule has 0 unspecified atom stereocenters. The molecule has 1 aliphatic rings. The Morgan fingerprint density at radius 3 is 3.21 bits per heavy atom. The lowest BCUT2D eigenvalue weighted by Crippen LogP contribution is -2.75. The fraction of sp³-hybridized carbons (Fsp3) is 0.545. The summed E-state index contributed by atoms with van der Waals surface area (Å²) in [5, 5.41) is 3.38. The number of furan rings is 1. The molecule has 3 heteroatoms. The summed E-state index contributed by atoms with van der Waals surface area (Å²) in [5.41, 5.74) is 0. The molecular weight excluding hydrogens is 176 g/mol. The van der Waals surface area contributed by atoms with Crippen LogP contribution >= 0.6 is 0 Å². The summed E-state index contributed by atoms with van der Waals surface area (Å²) in [5.74, 6) is 2.25. The molecule has 2 rings (SSSR count). The molecule has 2 N–H and O–H groups in total. The highest BCUT2D eigenvalue weighted by Gasteiger charge is 2.09. The maximum atomic E-state index is 5.25. The maximum absolute atomic E-state index is 5.25. The van der Waals surface area contributed by atoms with Crippen molar-refractivity contribution < 1.29 is 9.41 Å². The minimum Gasteiger partial charge on any atom is -0.465 e. The van der Waals surface area contributed by atoms with E-state index in [4.69, 9.17) is 4.42 Å². The first-order valence-electron chi connectivity index (χ1n) is 5.31. The highest BCUT2D eigenvalue weighted by atomic mass is 16.3. The van der Waals surface area contributed by atoms with Crippen molar-refractivity contribution in [2.24, 2.45) is 0 Å². The third-order valence-electron chi connectivity index (χ3n) is 2.50. The van der Waals surface area contributed by atoms with Crippen molar-refractivity contribution in [3.8, 4) is 0 Å². The summed E-state index contributed by atoms with van der Waals surface area (Å²) in [6.07, 6.45) is 6.75. The van der Waals surface area contributed by atoms with Gasteiger partial charge in [0, 0.05) is 6.42 Å². The molecule has 0 fully saturated rings. The van der Waals surface area contributed by atoms with Crippen LogP contribution in [0.5, 0.6) is 0 Å². The van der Waals surface area contributed by atoms with Gasteiger partial charge in [0.15, 0.2) is 0 Å². The Morgan fingerprint density at radius 1 is 1.36 bits per heavy atom. The van der Waals surface area contributed by atoms with Gasteiger partial charge >= 0.3 is 0 Å². The van der Waals surface area contributed by atoms with E-state index < -0.39 is 0 Å². The van der Waals surface area contributed by atoms with Crippen molar-refractivity contribution in [2.75, 3.05) is 6.54 Å². The molecule has 0 atom stereocenters. The highest BCUT2D eigenvalue weighted by molar-refractivity contribution is 5.76. The van der Waals surface area contributed by atoms with Gasteiger partial charge in [0.05, 0.1) is 12.8 Å². The number of amidine groups is 1. The molecule has 3 nitrogen and oxygen atoms in total. The van der Waals surface area contributed by atoms with Crippen molar-refractivity contribution in [1.29, 1.82) is 0 Å². The molecule has 1 aliphatic heterocycles. The fourth-order valence-corrected chi connectivity index (χ4v) is 1.69. The van der Waals surface area contributed by atoms with Gasteiger partial charge in [-0.25, -0.2) is 0 Å². The van der Waals surface area contributed by atoms with E-state index in [0.717, 1.165) is 25.3 Å². The molecule has 0 spiro atoms. The molecule has 2 heterocycles. The molecule has 1 aromatic rings. The van der Waals surface area contributed by atoms with E-state index in [9.17, 15) is 0 Å². The normalized spacial score (nSPS) is 17.3. The Morgan fingerprint density at radius 2 is 2.36 bits per heavy atom. The third-order valence-corrected chi connectivity index (χ3v) is 2.50. The van der Waals surface area contributed by atoms with Crippen LogP contribution < -0.4 is 10.3 Å². The van der Waals surface area contributed by atoms with Gasteiger partial charge in [0.25, 0.3) is 0 Å². The second kappa shape index (κ2) is 4.84. The molecule has 0 aliphatic carbocycles.